The molecule has 0 saturated carbocycles. The monoisotopic (exact) mass is 329 g/mol. The maximum absolute atomic E-state index is 10.1. The lowest BCUT2D eigenvalue weighted by Crippen LogP contribution is -1.92. The Bertz CT molecular complexity index is 803. The average molecular weight is 331 g/mol. The fourth-order valence-electron chi connectivity index (χ4n) is 1.88. The number of aromatic nitrogens is 3. The van der Waals surface area contributed by atoms with Crippen LogP contribution >= 0.6 is 34.8 Å². The summed E-state index contributed by atoms with van der Waals surface area (Å²) in [6, 6.07) is 1.69. The molecule has 20 heavy (non-hydrogen) atoms. The average Bonchev–Trinajstić information content (AvgIpc) is 2.87. The predicted molar refractivity (Wildman–Crippen MR) is 76.8 cm³/mol. The molecule has 0 spiro atoms. The van der Waals surface area contributed by atoms with Crippen LogP contribution in [0.25, 0.3) is 17.0 Å². The van der Waals surface area contributed by atoms with Crippen LogP contribution in [-0.4, -0.2) is 24.6 Å². The highest BCUT2D eigenvalue weighted by Gasteiger charge is 2.23. The number of aromatic hydroxyl groups is 2. The molecule has 0 bridgehead atoms. The van der Waals surface area contributed by atoms with Crippen LogP contribution in [0.2, 0.25) is 15.1 Å². The molecule has 8 heteroatoms. The fraction of sp³-hybridized carbons (Fsp3) is 0. The maximum atomic E-state index is 10.1. The van der Waals surface area contributed by atoms with Crippen LogP contribution < -0.4 is 0 Å². The summed E-state index contributed by atoms with van der Waals surface area (Å²) in [5.74, 6) is -0.307. The van der Waals surface area contributed by atoms with E-state index in [1.165, 1.54) is 6.20 Å². The Morgan fingerprint density at radius 1 is 0.950 bits per heavy atom. The topological polar surface area (TPSA) is 70.7 Å². The minimum Gasteiger partial charge on any atom is -0.506 e. The summed E-state index contributed by atoms with van der Waals surface area (Å²) in [7, 11) is 0. The van der Waals surface area contributed by atoms with Gasteiger partial charge < -0.3 is 10.2 Å². The summed E-state index contributed by atoms with van der Waals surface area (Å²) >= 11 is 17.7. The Morgan fingerprint density at radius 3 is 2.40 bits per heavy atom. The molecule has 0 saturated heterocycles. The number of halogens is 3. The molecule has 2 N–H and O–H groups in total. The second kappa shape index (κ2) is 4.70. The zero-order valence-corrected chi connectivity index (χ0v) is 11.9. The highest BCUT2D eigenvalue weighted by Crippen LogP contribution is 2.50. The van der Waals surface area contributed by atoms with Gasteiger partial charge in [-0.25, -0.2) is 9.97 Å². The predicted octanol–water partition coefficient (Wildman–Crippen LogP) is 3.77. The number of phenolic OH excluding ortho intramolecular Hbond substituents is 2. The maximum Gasteiger partial charge on any atom is 0.234 e. The molecule has 0 atom stereocenters. The van der Waals surface area contributed by atoms with E-state index >= 15 is 0 Å². The van der Waals surface area contributed by atoms with Crippen molar-refractivity contribution in [2.75, 3.05) is 0 Å². The minimum absolute atomic E-state index is 0.109. The van der Waals surface area contributed by atoms with Crippen LogP contribution in [0.4, 0.5) is 0 Å². The summed E-state index contributed by atoms with van der Waals surface area (Å²) in [5, 5.41) is 19.5. The first-order valence-corrected chi connectivity index (χ1v) is 6.52. The molecule has 0 unspecified atom stereocenters. The van der Waals surface area contributed by atoms with Crippen LogP contribution in [0.15, 0.2) is 24.7 Å². The van der Waals surface area contributed by atoms with E-state index in [0.717, 1.165) is 0 Å². The Balaban J connectivity index is 2.41. The Kier molecular flexibility index (Phi) is 3.12. The lowest BCUT2D eigenvalue weighted by molar-refractivity contribution is 0.462. The zero-order chi connectivity index (χ0) is 14.4. The van der Waals surface area contributed by atoms with E-state index in [9.17, 15) is 10.2 Å². The largest absolute Gasteiger partial charge is 0.506 e. The molecule has 0 aliphatic carbocycles. The number of imidazole rings is 1. The first-order chi connectivity index (χ1) is 9.52. The normalized spacial score (nSPS) is 11.2. The third-order valence-electron chi connectivity index (χ3n) is 2.82. The molecule has 0 radical (unpaired) electrons. The van der Waals surface area contributed by atoms with Gasteiger partial charge >= 0.3 is 0 Å². The van der Waals surface area contributed by atoms with Crippen molar-refractivity contribution in [3.63, 3.8) is 0 Å². The van der Waals surface area contributed by atoms with E-state index in [1.54, 1.807) is 22.9 Å². The molecular formula is C12H6Cl3N3O2. The van der Waals surface area contributed by atoms with Gasteiger partial charge in [0.05, 0.1) is 22.5 Å². The van der Waals surface area contributed by atoms with Crippen molar-refractivity contribution in [1.82, 2.24) is 14.4 Å². The summed E-state index contributed by atoms with van der Waals surface area (Å²) < 4.78 is 1.60. The Morgan fingerprint density at radius 2 is 1.65 bits per heavy atom. The Hall–Kier alpha value is -1.69. The van der Waals surface area contributed by atoms with Crippen LogP contribution in [-0.2, 0) is 0 Å². The minimum atomic E-state index is -0.398. The van der Waals surface area contributed by atoms with Gasteiger partial charge in [0.15, 0.2) is 5.75 Å². The summed E-state index contributed by atoms with van der Waals surface area (Å²) in [6.07, 6.45) is 4.74. The molecule has 3 aromatic rings. The number of rotatable bonds is 1. The number of fused-ring (bicyclic) bond motifs is 1. The summed E-state index contributed by atoms with van der Waals surface area (Å²) in [6.45, 7) is 0. The van der Waals surface area contributed by atoms with Crippen LogP contribution in [0.1, 0.15) is 0 Å². The highest BCUT2D eigenvalue weighted by molar-refractivity contribution is 6.46. The van der Waals surface area contributed by atoms with Gasteiger partial charge in [0.1, 0.15) is 15.8 Å². The van der Waals surface area contributed by atoms with Crippen molar-refractivity contribution in [1.29, 1.82) is 0 Å². The molecule has 2 heterocycles. The molecular weight excluding hydrogens is 325 g/mol. The highest BCUT2D eigenvalue weighted by atomic mass is 35.5. The first kappa shape index (κ1) is 13.3. The number of hydrogen-bond donors (Lipinski definition) is 2. The van der Waals surface area contributed by atoms with Crippen molar-refractivity contribution in [2.24, 2.45) is 0 Å². The molecule has 0 amide bonds. The van der Waals surface area contributed by atoms with Crippen molar-refractivity contribution in [2.45, 2.75) is 0 Å². The van der Waals surface area contributed by atoms with Crippen molar-refractivity contribution in [3.05, 3.63) is 39.7 Å². The molecule has 3 rings (SSSR count). The van der Waals surface area contributed by atoms with Gasteiger partial charge in [0, 0.05) is 12.4 Å². The lowest BCUT2D eigenvalue weighted by Gasteiger charge is -2.12. The van der Waals surface area contributed by atoms with Crippen LogP contribution in [0.3, 0.4) is 0 Å². The molecule has 102 valence electrons. The lowest BCUT2D eigenvalue weighted by atomic mass is 10.1. The number of hydrogen-bond acceptors (Lipinski definition) is 4. The van der Waals surface area contributed by atoms with Crippen molar-refractivity contribution >= 4 is 40.6 Å². The van der Waals surface area contributed by atoms with Crippen molar-refractivity contribution < 1.29 is 10.2 Å². The fourth-order valence-corrected chi connectivity index (χ4v) is 2.58. The molecule has 2 aromatic heterocycles. The van der Waals surface area contributed by atoms with Gasteiger partial charge in [-0.05, 0) is 6.07 Å². The van der Waals surface area contributed by atoms with Gasteiger partial charge in [-0.2, -0.15) is 0 Å². The molecule has 1 aromatic carbocycles. The van der Waals surface area contributed by atoms with E-state index in [1.807, 2.05) is 0 Å². The second-order valence-corrected chi connectivity index (χ2v) is 5.08. The SMILES string of the molecule is Oc1c(Cl)c(Cl)c(O)c(-c2cnc3ncccn23)c1Cl. The number of benzene rings is 1. The summed E-state index contributed by atoms with van der Waals surface area (Å²) in [4.78, 5) is 8.14. The van der Waals surface area contributed by atoms with E-state index in [4.69, 9.17) is 34.8 Å². The molecule has 0 fully saturated rings. The second-order valence-electron chi connectivity index (χ2n) is 3.95. The van der Waals surface area contributed by atoms with Crippen molar-refractivity contribution in [3.8, 4) is 22.8 Å². The first-order valence-electron chi connectivity index (χ1n) is 5.39. The zero-order valence-electron chi connectivity index (χ0n) is 9.68. The Labute approximate surface area is 128 Å². The quantitative estimate of drug-likeness (QED) is 0.526. The smallest absolute Gasteiger partial charge is 0.234 e. The van der Waals surface area contributed by atoms with Gasteiger partial charge in [0.2, 0.25) is 5.78 Å². The molecule has 0 aliphatic rings. The van der Waals surface area contributed by atoms with Gasteiger partial charge in [-0.3, -0.25) is 4.40 Å². The van der Waals surface area contributed by atoms with Gasteiger partial charge in [-0.15, -0.1) is 0 Å². The van der Waals surface area contributed by atoms with Gasteiger partial charge in [-0.1, -0.05) is 34.8 Å². The van der Waals surface area contributed by atoms with Gasteiger partial charge in [0.25, 0.3) is 0 Å². The third-order valence-corrected chi connectivity index (χ3v) is 4.02. The van der Waals surface area contributed by atoms with E-state index < -0.39 is 5.75 Å². The third kappa shape index (κ3) is 1.78. The standard InChI is InChI=1S/C12H6Cl3N3O2/c13-7-6(10(19)8(14)9(15)11(7)20)5-4-17-12-16-2-1-3-18(5)12/h1-4,19-20H. The van der Waals surface area contributed by atoms with E-state index in [2.05, 4.69) is 9.97 Å². The summed E-state index contributed by atoms with van der Waals surface area (Å²) in [5.41, 5.74) is 0.573. The van der Waals surface area contributed by atoms with Crippen LogP contribution in [0.5, 0.6) is 11.5 Å². The molecule has 0 aliphatic heterocycles. The number of phenols is 2. The van der Waals surface area contributed by atoms with Crippen LogP contribution in [0, 0.1) is 0 Å². The number of nitrogens with zero attached hydrogens (tertiary/aromatic N) is 3. The molecule has 5 nitrogen and oxygen atoms in total. The van der Waals surface area contributed by atoms with E-state index in [0.29, 0.717) is 11.5 Å². The van der Waals surface area contributed by atoms with E-state index in [-0.39, 0.29) is 26.4 Å².